The molecule has 1 aliphatic rings. The lowest BCUT2D eigenvalue weighted by molar-refractivity contribution is -0.137. The van der Waals surface area contributed by atoms with Gasteiger partial charge in [0.25, 0.3) is 5.91 Å². The summed E-state index contributed by atoms with van der Waals surface area (Å²) in [5.41, 5.74) is 2.24. The largest absolute Gasteiger partial charge is 0.378 e. The Bertz CT molecular complexity index is 1010. The molecule has 3 aromatic rings. The zero-order valence-corrected chi connectivity index (χ0v) is 15.9. The number of nitrogens with zero attached hydrogens (tertiary/aromatic N) is 1. The van der Waals surface area contributed by atoms with Gasteiger partial charge in [0.1, 0.15) is 11.9 Å². The molecule has 2 N–H and O–H groups in total. The first-order valence-electron chi connectivity index (χ1n) is 9.60. The molecule has 4 rings (SSSR count). The predicted octanol–water partition coefficient (Wildman–Crippen LogP) is 2.51. The molecule has 1 saturated heterocycles. The maximum absolute atomic E-state index is 13.2. The summed E-state index contributed by atoms with van der Waals surface area (Å²) in [6.45, 7) is 1.96. The number of nitrogens with one attached hydrogen (secondary N) is 2. The molecule has 0 saturated carbocycles. The van der Waals surface area contributed by atoms with E-state index in [1.54, 1.807) is 4.90 Å². The summed E-state index contributed by atoms with van der Waals surface area (Å²) in [6.07, 6.45) is 2.22. The Morgan fingerprint density at radius 1 is 1.10 bits per heavy atom. The van der Waals surface area contributed by atoms with E-state index in [1.807, 2.05) is 30.5 Å². The minimum atomic E-state index is -0.732. The summed E-state index contributed by atoms with van der Waals surface area (Å²) in [4.78, 5) is 30.8. The molecule has 0 radical (unpaired) electrons. The second kappa shape index (κ2) is 8.45. The highest BCUT2D eigenvalue weighted by Gasteiger charge is 2.28. The second-order valence-electron chi connectivity index (χ2n) is 7.03. The van der Waals surface area contributed by atoms with Crippen molar-refractivity contribution in [2.75, 3.05) is 26.3 Å². The van der Waals surface area contributed by atoms with Gasteiger partial charge in [0, 0.05) is 42.2 Å². The van der Waals surface area contributed by atoms with Crippen LogP contribution in [0, 0.1) is 5.82 Å². The maximum Gasteiger partial charge on any atom is 0.251 e. The fourth-order valence-corrected chi connectivity index (χ4v) is 3.57. The SMILES string of the molecule is O=C(N[C@H](Cc1c[nH]c2ccccc12)C(=O)N1CCOCC1)c1ccc(F)cc1. The van der Waals surface area contributed by atoms with E-state index < -0.39 is 17.8 Å². The van der Waals surface area contributed by atoms with Gasteiger partial charge in [-0.05, 0) is 35.9 Å². The Morgan fingerprint density at radius 3 is 2.59 bits per heavy atom. The third kappa shape index (κ3) is 4.30. The van der Waals surface area contributed by atoms with E-state index in [2.05, 4.69) is 10.3 Å². The Balaban J connectivity index is 1.58. The fraction of sp³-hybridized carbons (Fsp3) is 0.273. The second-order valence-corrected chi connectivity index (χ2v) is 7.03. The van der Waals surface area contributed by atoms with Crippen molar-refractivity contribution in [3.05, 3.63) is 71.7 Å². The molecule has 29 heavy (non-hydrogen) atoms. The lowest BCUT2D eigenvalue weighted by Crippen LogP contribution is -2.52. The molecule has 2 heterocycles. The monoisotopic (exact) mass is 395 g/mol. The number of carbonyl (C=O) groups excluding carboxylic acids is 2. The van der Waals surface area contributed by atoms with Gasteiger partial charge in [-0.3, -0.25) is 9.59 Å². The molecule has 6 nitrogen and oxygen atoms in total. The number of para-hydroxylation sites is 1. The van der Waals surface area contributed by atoms with Gasteiger partial charge in [-0.2, -0.15) is 0 Å². The van der Waals surface area contributed by atoms with Gasteiger partial charge in [-0.1, -0.05) is 18.2 Å². The van der Waals surface area contributed by atoms with Crippen LogP contribution >= 0.6 is 0 Å². The normalized spacial score (nSPS) is 15.3. The van der Waals surface area contributed by atoms with Gasteiger partial charge < -0.3 is 19.9 Å². The molecular formula is C22H22FN3O3. The van der Waals surface area contributed by atoms with Crippen LogP contribution in [0.3, 0.4) is 0 Å². The summed E-state index contributed by atoms with van der Waals surface area (Å²) in [5.74, 6) is -0.966. The average Bonchev–Trinajstić information content (AvgIpc) is 3.17. The smallest absolute Gasteiger partial charge is 0.251 e. The minimum Gasteiger partial charge on any atom is -0.378 e. The van der Waals surface area contributed by atoms with Crippen LogP contribution in [0.25, 0.3) is 10.9 Å². The molecular weight excluding hydrogens is 373 g/mol. The molecule has 7 heteroatoms. The molecule has 0 bridgehead atoms. The third-order valence-electron chi connectivity index (χ3n) is 5.13. The van der Waals surface area contributed by atoms with Crippen LogP contribution in [-0.4, -0.2) is 54.0 Å². The lowest BCUT2D eigenvalue weighted by atomic mass is 10.0. The van der Waals surface area contributed by atoms with Crippen LogP contribution in [0.2, 0.25) is 0 Å². The number of amides is 2. The minimum absolute atomic E-state index is 0.144. The van der Waals surface area contributed by atoms with Crippen LogP contribution in [0.4, 0.5) is 4.39 Å². The van der Waals surface area contributed by atoms with E-state index in [1.165, 1.54) is 24.3 Å². The number of carbonyl (C=O) groups is 2. The van der Waals surface area contributed by atoms with E-state index in [9.17, 15) is 14.0 Å². The molecule has 1 atom stereocenters. The number of aromatic nitrogens is 1. The van der Waals surface area contributed by atoms with Crippen LogP contribution in [0.15, 0.2) is 54.7 Å². The van der Waals surface area contributed by atoms with E-state index in [4.69, 9.17) is 4.74 Å². The van der Waals surface area contributed by atoms with Gasteiger partial charge >= 0.3 is 0 Å². The zero-order chi connectivity index (χ0) is 20.2. The summed E-state index contributed by atoms with van der Waals surface area (Å²) in [6, 6.07) is 12.4. The highest BCUT2D eigenvalue weighted by Crippen LogP contribution is 2.20. The quantitative estimate of drug-likeness (QED) is 0.697. The van der Waals surface area contributed by atoms with Crippen molar-refractivity contribution >= 4 is 22.7 Å². The standard InChI is InChI=1S/C22H22FN3O3/c23-17-7-5-15(6-8-17)21(27)25-20(22(28)26-9-11-29-12-10-26)13-16-14-24-19-4-2-1-3-18(16)19/h1-8,14,20,24H,9-13H2,(H,25,27)/t20-/m1/s1. The number of hydrogen-bond acceptors (Lipinski definition) is 3. The van der Waals surface area contributed by atoms with Crippen molar-refractivity contribution in [1.82, 2.24) is 15.2 Å². The van der Waals surface area contributed by atoms with E-state index in [-0.39, 0.29) is 5.91 Å². The number of fused-ring (bicyclic) bond motifs is 1. The number of ether oxygens (including phenoxy) is 1. The molecule has 0 spiro atoms. The van der Waals surface area contributed by atoms with Gasteiger partial charge in [0.05, 0.1) is 13.2 Å². The van der Waals surface area contributed by atoms with Crippen molar-refractivity contribution in [1.29, 1.82) is 0 Å². The summed E-state index contributed by atoms with van der Waals surface area (Å²) in [7, 11) is 0. The third-order valence-corrected chi connectivity index (χ3v) is 5.13. The van der Waals surface area contributed by atoms with Gasteiger partial charge in [-0.15, -0.1) is 0 Å². The number of H-pyrrole nitrogens is 1. The highest BCUT2D eigenvalue weighted by molar-refractivity contribution is 5.98. The van der Waals surface area contributed by atoms with E-state index >= 15 is 0 Å². The number of hydrogen-bond donors (Lipinski definition) is 2. The average molecular weight is 395 g/mol. The Morgan fingerprint density at radius 2 is 1.83 bits per heavy atom. The number of aromatic amines is 1. The lowest BCUT2D eigenvalue weighted by Gasteiger charge is -2.30. The number of benzene rings is 2. The number of rotatable bonds is 5. The van der Waals surface area contributed by atoms with Gasteiger partial charge in [-0.25, -0.2) is 4.39 Å². The van der Waals surface area contributed by atoms with E-state index in [0.29, 0.717) is 38.3 Å². The molecule has 2 aromatic carbocycles. The van der Waals surface area contributed by atoms with Crippen LogP contribution in [0.5, 0.6) is 0 Å². The molecule has 1 aliphatic heterocycles. The topological polar surface area (TPSA) is 74.4 Å². The van der Waals surface area contributed by atoms with E-state index in [0.717, 1.165) is 16.5 Å². The first-order valence-corrected chi connectivity index (χ1v) is 9.60. The van der Waals surface area contributed by atoms with Crippen molar-refractivity contribution in [2.45, 2.75) is 12.5 Å². The molecule has 0 unspecified atom stereocenters. The fourth-order valence-electron chi connectivity index (χ4n) is 3.57. The Labute approximate surface area is 167 Å². The molecule has 1 fully saturated rings. The number of morpholine rings is 1. The van der Waals surface area contributed by atoms with Crippen molar-refractivity contribution < 1.29 is 18.7 Å². The van der Waals surface area contributed by atoms with Crippen molar-refractivity contribution in [3.63, 3.8) is 0 Å². The molecule has 150 valence electrons. The summed E-state index contributed by atoms with van der Waals surface area (Å²) < 4.78 is 18.5. The van der Waals surface area contributed by atoms with Crippen LogP contribution in [0.1, 0.15) is 15.9 Å². The Hall–Kier alpha value is -3.19. The molecule has 0 aliphatic carbocycles. The van der Waals surface area contributed by atoms with Crippen molar-refractivity contribution in [2.24, 2.45) is 0 Å². The van der Waals surface area contributed by atoms with Crippen LogP contribution < -0.4 is 5.32 Å². The number of halogens is 1. The predicted molar refractivity (Wildman–Crippen MR) is 107 cm³/mol. The summed E-state index contributed by atoms with van der Waals surface area (Å²) >= 11 is 0. The maximum atomic E-state index is 13.2. The first kappa shape index (κ1) is 19.1. The summed E-state index contributed by atoms with van der Waals surface area (Å²) in [5, 5.41) is 3.86. The van der Waals surface area contributed by atoms with Gasteiger partial charge in [0.15, 0.2) is 0 Å². The zero-order valence-electron chi connectivity index (χ0n) is 15.9. The van der Waals surface area contributed by atoms with Crippen LogP contribution in [-0.2, 0) is 16.0 Å². The molecule has 1 aromatic heterocycles. The van der Waals surface area contributed by atoms with Gasteiger partial charge in [0.2, 0.25) is 5.91 Å². The molecule has 2 amide bonds. The van der Waals surface area contributed by atoms with Crippen molar-refractivity contribution in [3.8, 4) is 0 Å². The highest BCUT2D eigenvalue weighted by atomic mass is 19.1. The first-order chi connectivity index (χ1) is 14.1. The Kier molecular flexibility index (Phi) is 5.57.